The van der Waals surface area contributed by atoms with E-state index in [2.05, 4.69) is 21.9 Å². The lowest BCUT2D eigenvalue weighted by molar-refractivity contribution is -0.119. The number of nitrogens with zero attached hydrogens (tertiary/aromatic N) is 1. The van der Waals surface area contributed by atoms with Crippen molar-refractivity contribution in [3.8, 4) is 0 Å². The quantitative estimate of drug-likeness (QED) is 0.673. The van der Waals surface area contributed by atoms with Gasteiger partial charge in [0.2, 0.25) is 15.9 Å². The van der Waals surface area contributed by atoms with E-state index in [4.69, 9.17) is 0 Å². The Hall–Kier alpha value is -0.660. The molecule has 0 aromatic rings. The molecule has 28 heavy (non-hydrogen) atoms. The highest BCUT2D eigenvalue weighted by Crippen LogP contribution is 2.35. The van der Waals surface area contributed by atoms with Gasteiger partial charge in [-0.3, -0.25) is 9.69 Å². The van der Waals surface area contributed by atoms with Gasteiger partial charge in [-0.15, -0.1) is 0 Å². The summed E-state index contributed by atoms with van der Waals surface area (Å²) in [4.78, 5) is 15.0. The van der Waals surface area contributed by atoms with Crippen molar-refractivity contribution in [2.45, 2.75) is 95.6 Å². The molecule has 3 fully saturated rings. The van der Waals surface area contributed by atoms with E-state index in [1.165, 1.54) is 38.5 Å². The Morgan fingerprint density at radius 2 is 1.57 bits per heavy atom. The Morgan fingerprint density at radius 3 is 2.21 bits per heavy atom. The van der Waals surface area contributed by atoms with Crippen LogP contribution in [0.15, 0.2) is 0 Å². The Bertz CT molecular complexity index is 602. The van der Waals surface area contributed by atoms with Crippen molar-refractivity contribution < 1.29 is 13.2 Å². The summed E-state index contributed by atoms with van der Waals surface area (Å²) in [7, 11) is -3.57. The molecule has 1 aliphatic heterocycles. The molecule has 0 aromatic heterocycles. The number of amides is 1. The molecule has 1 amide bonds. The fourth-order valence-corrected chi connectivity index (χ4v) is 6.62. The van der Waals surface area contributed by atoms with Crippen LogP contribution < -0.4 is 10.0 Å². The predicted octanol–water partition coefficient (Wildman–Crippen LogP) is 2.79. The summed E-state index contributed by atoms with van der Waals surface area (Å²) in [5.74, 6) is -0.140. The zero-order chi connectivity index (χ0) is 20.0. The van der Waals surface area contributed by atoms with Gasteiger partial charge in [0.25, 0.3) is 0 Å². The summed E-state index contributed by atoms with van der Waals surface area (Å²) >= 11 is 0. The first-order valence-corrected chi connectivity index (χ1v) is 13.1. The molecule has 6 nitrogen and oxygen atoms in total. The minimum Gasteiger partial charge on any atom is -0.353 e. The zero-order valence-corrected chi connectivity index (χ0v) is 18.4. The first kappa shape index (κ1) is 22.0. The molecule has 162 valence electrons. The first-order valence-electron chi connectivity index (χ1n) is 11.4. The van der Waals surface area contributed by atoms with Crippen LogP contribution in [0.25, 0.3) is 0 Å². The third-order valence-electron chi connectivity index (χ3n) is 7.11. The van der Waals surface area contributed by atoms with E-state index in [1.807, 2.05) is 0 Å². The summed E-state index contributed by atoms with van der Waals surface area (Å²) in [5.41, 5.74) is 0.0328. The summed E-state index contributed by atoms with van der Waals surface area (Å²) in [6, 6.07) is -0.00737. The van der Waals surface area contributed by atoms with E-state index in [9.17, 15) is 13.2 Å². The highest BCUT2D eigenvalue weighted by Gasteiger charge is 2.38. The SMILES string of the molecule is CC1CCC(NS(=O)(=O)CC(=O)NCC2(N3CCCCC3)CCCCC2)CC1. The monoisotopic (exact) mass is 413 g/mol. The van der Waals surface area contributed by atoms with E-state index >= 15 is 0 Å². The van der Waals surface area contributed by atoms with Crippen molar-refractivity contribution >= 4 is 15.9 Å². The number of carbonyl (C=O) groups excluding carboxylic acids is 1. The molecule has 2 saturated carbocycles. The summed E-state index contributed by atoms with van der Waals surface area (Å²) < 4.78 is 27.6. The van der Waals surface area contributed by atoms with Crippen LogP contribution >= 0.6 is 0 Å². The molecular formula is C21H39N3O3S. The molecule has 2 N–H and O–H groups in total. The summed E-state index contributed by atoms with van der Waals surface area (Å²) in [6.07, 6.45) is 13.5. The van der Waals surface area contributed by atoms with E-state index in [0.717, 1.165) is 51.6 Å². The predicted molar refractivity (Wildman–Crippen MR) is 113 cm³/mol. The standard InChI is InChI=1S/C21H39N3O3S/c1-18-8-10-19(11-9-18)23-28(26,27)16-20(25)22-17-21(12-4-2-5-13-21)24-14-6-3-7-15-24/h18-19,23H,2-17H2,1H3,(H,22,25). The van der Waals surface area contributed by atoms with Gasteiger partial charge in [-0.25, -0.2) is 13.1 Å². The van der Waals surface area contributed by atoms with E-state index in [1.54, 1.807) is 0 Å². The van der Waals surface area contributed by atoms with E-state index < -0.39 is 15.8 Å². The summed E-state index contributed by atoms with van der Waals surface area (Å²) in [5, 5.41) is 2.99. The van der Waals surface area contributed by atoms with Crippen LogP contribution in [0, 0.1) is 5.92 Å². The molecule has 7 heteroatoms. The van der Waals surface area contributed by atoms with Crippen LogP contribution in [0.2, 0.25) is 0 Å². The smallest absolute Gasteiger partial charge is 0.236 e. The van der Waals surface area contributed by atoms with Crippen LogP contribution in [-0.2, 0) is 14.8 Å². The number of nitrogens with one attached hydrogen (secondary N) is 2. The molecule has 2 aliphatic carbocycles. The Kier molecular flexibility index (Phi) is 7.79. The van der Waals surface area contributed by atoms with Crippen molar-refractivity contribution in [3.63, 3.8) is 0 Å². The fraction of sp³-hybridized carbons (Fsp3) is 0.952. The number of likely N-dealkylation sites (tertiary alicyclic amines) is 1. The topological polar surface area (TPSA) is 78.5 Å². The molecule has 1 saturated heterocycles. The fourth-order valence-electron chi connectivity index (χ4n) is 5.34. The number of sulfonamides is 1. The number of hydrogen-bond donors (Lipinski definition) is 2. The summed E-state index contributed by atoms with van der Waals surface area (Å²) in [6.45, 7) is 5.01. The van der Waals surface area contributed by atoms with Crippen LogP contribution in [-0.4, -0.2) is 56.2 Å². The normalized spacial score (nSPS) is 29.3. The molecule has 3 rings (SSSR count). The van der Waals surface area contributed by atoms with Gasteiger partial charge in [-0.2, -0.15) is 0 Å². The third kappa shape index (κ3) is 6.17. The second-order valence-electron chi connectivity index (χ2n) is 9.44. The van der Waals surface area contributed by atoms with Crippen molar-refractivity contribution in [2.75, 3.05) is 25.4 Å². The van der Waals surface area contributed by atoms with Gasteiger partial charge in [0, 0.05) is 18.1 Å². The Labute approximate surface area is 171 Å². The largest absolute Gasteiger partial charge is 0.353 e. The number of rotatable bonds is 7. The molecule has 0 bridgehead atoms. The molecule has 0 unspecified atom stereocenters. The van der Waals surface area contributed by atoms with Gasteiger partial charge in [0.1, 0.15) is 5.75 Å². The number of hydrogen-bond acceptors (Lipinski definition) is 4. The lowest BCUT2D eigenvalue weighted by Gasteiger charge is -2.48. The van der Waals surface area contributed by atoms with Crippen molar-refractivity contribution in [2.24, 2.45) is 5.92 Å². The zero-order valence-electron chi connectivity index (χ0n) is 17.5. The maximum Gasteiger partial charge on any atom is 0.236 e. The minimum atomic E-state index is -3.57. The number of piperidine rings is 1. The van der Waals surface area contributed by atoms with Crippen LogP contribution in [0.5, 0.6) is 0 Å². The van der Waals surface area contributed by atoms with Crippen LogP contribution in [0.1, 0.15) is 84.0 Å². The molecule has 1 heterocycles. The lowest BCUT2D eigenvalue weighted by Crippen LogP contribution is -2.58. The molecular weight excluding hydrogens is 374 g/mol. The average Bonchev–Trinajstić information content (AvgIpc) is 2.69. The molecule has 0 radical (unpaired) electrons. The van der Waals surface area contributed by atoms with Gasteiger partial charge >= 0.3 is 0 Å². The second-order valence-corrected chi connectivity index (χ2v) is 11.2. The second kappa shape index (κ2) is 9.90. The number of carbonyl (C=O) groups is 1. The van der Waals surface area contributed by atoms with Gasteiger partial charge < -0.3 is 5.32 Å². The van der Waals surface area contributed by atoms with Crippen LogP contribution in [0.4, 0.5) is 0 Å². The van der Waals surface area contributed by atoms with Gasteiger partial charge in [-0.05, 0) is 70.4 Å². The average molecular weight is 414 g/mol. The van der Waals surface area contributed by atoms with Gasteiger partial charge in [0.15, 0.2) is 0 Å². The lowest BCUT2D eigenvalue weighted by atomic mass is 9.79. The molecule has 0 aromatic carbocycles. The first-order chi connectivity index (χ1) is 13.4. The Morgan fingerprint density at radius 1 is 0.964 bits per heavy atom. The minimum absolute atomic E-state index is 0.00737. The maximum absolute atomic E-state index is 12.5. The van der Waals surface area contributed by atoms with E-state index in [-0.39, 0.29) is 17.5 Å². The van der Waals surface area contributed by atoms with Crippen LogP contribution in [0.3, 0.4) is 0 Å². The van der Waals surface area contributed by atoms with Crippen molar-refractivity contribution in [3.05, 3.63) is 0 Å². The van der Waals surface area contributed by atoms with Gasteiger partial charge in [0.05, 0.1) is 0 Å². The van der Waals surface area contributed by atoms with Crippen molar-refractivity contribution in [1.29, 1.82) is 0 Å². The Balaban J connectivity index is 1.51. The highest BCUT2D eigenvalue weighted by molar-refractivity contribution is 7.90. The maximum atomic E-state index is 12.5. The molecule has 0 atom stereocenters. The van der Waals surface area contributed by atoms with E-state index in [0.29, 0.717) is 12.5 Å². The molecule has 0 spiro atoms. The molecule has 3 aliphatic rings. The third-order valence-corrected chi connectivity index (χ3v) is 8.44. The van der Waals surface area contributed by atoms with Gasteiger partial charge in [-0.1, -0.05) is 32.6 Å². The van der Waals surface area contributed by atoms with Crippen molar-refractivity contribution in [1.82, 2.24) is 14.9 Å². The highest BCUT2D eigenvalue weighted by atomic mass is 32.2.